The van der Waals surface area contributed by atoms with Gasteiger partial charge in [-0.05, 0) is 50.6 Å². The van der Waals surface area contributed by atoms with Gasteiger partial charge in [-0.1, -0.05) is 29.8 Å². The van der Waals surface area contributed by atoms with Crippen LogP contribution in [0.1, 0.15) is 24.0 Å². The van der Waals surface area contributed by atoms with Crippen molar-refractivity contribution < 1.29 is 13.6 Å². The average molecular weight is 344 g/mol. The maximum atomic E-state index is 13.7. The largest absolute Gasteiger partial charge is 0.323 e. The van der Waals surface area contributed by atoms with Crippen LogP contribution >= 0.6 is 0 Å². The number of benzene rings is 2. The second-order valence-corrected chi connectivity index (χ2v) is 6.65. The summed E-state index contributed by atoms with van der Waals surface area (Å²) in [5, 5.41) is 2.58. The number of halogens is 2. The highest BCUT2D eigenvalue weighted by Gasteiger charge is 2.25. The number of amides is 1. The summed E-state index contributed by atoms with van der Waals surface area (Å²) in [6.45, 7) is 4.62. The van der Waals surface area contributed by atoms with Crippen molar-refractivity contribution in [3.05, 3.63) is 65.2 Å². The first kappa shape index (κ1) is 17.5. The Balaban J connectivity index is 1.52. The zero-order valence-corrected chi connectivity index (χ0v) is 14.3. The number of hydrogen-bond donors (Lipinski definition) is 1. The smallest absolute Gasteiger partial charge is 0.227 e. The third-order valence-corrected chi connectivity index (χ3v) is 4.64. The van der Waals surface area contributed by atoms with Crippen molar-refractivity contribution in [2.24, 2.45) is 5.92 Å². The van der Waals surface area contributed by atoms with Gasteiger partial charge < -0.3 is 5.32 Å². The molecule has 5 heteroatoms. The van der Waals surface area contributed by atoms with E-state index < -0.39 is 11.6 Å². The van der Waals surface area contributed by atoms with Crippen LogP contribution in [0.2, 0.25) is 0 Å². The second kappa shape index (κ2) is 7.74. The molecular weight excluding hydrogens is 322 g/mol. The molecule has 3 nitrogen and oxygen atoms in total. The number of nitrogens with one attached hydrogen (secondary N) is 1. The molecule has 2 aromatic carbocycles. The van der Waals surface area contributed by atoms with Gasteiger partial charge in [0.25, 0.3) is 0 Å². The lowest BCUT2D eigenvalue weighted by Crippen LogP contribution is -2.37. The van der Waals surface area contributed by atoms with E-state index in [9.17, 15) is 13.6 Å². The van der Waals surface area contributed by atoms with Gasteiger partial charge in [0, 0.05) is 18.5 Å². The van der Waals surface area contributed by atoms with Crippen LogP contribution in [0, 0.1) is 24.5 Å². The van der Waals surface area contributed by atoms with Crippen LogP contribution in [0.5, 0.6) is 0 Å². The predicted molar refractivity (Wildman–Crippen MR) is 94.2 cm³/mol. The molecule has 1 amide bonds. The van der Waals surface area contributed by atoms with Crippen molar-refractivity contribution >= 4 is 11.6 Å². The number of nitrogens with zero attached hydrogens (tertiary/aromatic N) is 1. The summed E-state index contributed by atoms with van der Waals surface area (Å²) in [6.07, 6.45) is 1.47. The molecule has 0 spiro atoms. The summed E-state index contributed by atoms with van der Waals surface area (Å²) < 4.78 is 26.6. The molecule has 2 aromatic rings. The first-order valence-corrected chi connectivity index (χ1v) is 8.55. The third kappa shape index (κ3) is 4.63. The average Bonchev–Trinajstić information content (AvgIpc) is 2.58. The first-order chi connectivity index (χ1) is 12.0. The Morgan fingerprint density at radius 2 is 1.92 bits per heavy atom. The molecule has 0 radical (unpaired) electrons. The molecule has 0 saturated carbocycles. The van der Waals surface area contributed by atoms with Gasteiger partial charge in [0.2, 0.25) is 5.91 Å². The van der Waals surface area contributed by atoms with Gasteiger partial charge in [-0.2, -0.15) is 0 Å². The van der Waals surface area contributed by atoms with E-state index in [0.29, 0.717) is 0 Å². The SMILES string of the molecule is Cc1cccc(CN2CCC(C(=O)Nc3ccc(F)cc3F)CC2)c1. The normalized spacial score (nSPS) is 16.0. The topological polar surface area (TPSA) is 32.3 Å². The monoisotopic (exact) mass is 344 g/mol. The Morgan fingerprint density at radius 1 is 1.16 bits per heavy atom. The van der Waals surface area contributed by atoms with Gasteiger partial charge >= 0.3 is 0 Å². The lowest BCUT2D eigenvalue weighted by Gasteiger charge is -2.31. The highest BCUT2D eigenvalue weighted by atomic mass is 19.1. The van der Waals surface area contributed by atoms with Crippen LogP contribution in [0.15, 0.2) is 42.5 Å². The zero-order chi connectivity index (χ0) is 17.8. The fourth-order valence-electron chi connectivity index (χ4n) is 3.25. The number of anilines is 1. The highest BCUT2D eigenvalue weighted by molar-refractivity contribution is 5.92. The van der Waals surface area contributed by atoms with Gasteiger partial charge in [-0.25, -0.2) is 8.78 Å². The van der Waals surface area contributed by atoms with Crippen molar-refractivity contribution in [1.82, 2.24) is 4.90 Å². The minimum absolute atomic E-state index is 0.0357. The van der Waals surface area contributed by atoms with Crippen LogP contribution in [0.4, 0.5) is 14.5 Å². The van der Waals surface area contributed by atoms with E-state index >= 15 is 0 Å². The van der Waals surface area contributed by atoms with Crippen LogP contribution < -0.4 is 5.32 Å². The van der Waals surface area contributed by atoms with Gasteiger partial charge in [-0.3, -0.25) is 9.69 Å². The number of aryl methyl sites for hydroxylation is 1. The van der Waals surface area contributed by atoms with Crippen molar-refractivity contribution in [2.75, 3.05) is 18.4 Å². The van der Waals surface area contributed by atoms with Crippen LogP contribution in [-0.2, 0) is 11.3 Å². The Kier molecular flexibility index (Phi) is 5.43. The molecule has 1 aliphatic rings. The Hall–Kier alpha value is -2.27. The van der Waals surface area contributed by atoms with Crippen molar-refractivity contribution in [3.8, 4) is 0 Å². The molecule has 0 aromatic heterocycles. The molecule has 0 aliphatic carbocycles. The van der Waals surface area contributed by atoms with E-state index in [2.05, 4.69) is 41.4 Å². The van der Waals surface area contributed by atoms with Crippen LogP contribution in [0.3, 0.4) is 0 Å². The van der Waals surface area contributed by atoms with Crippen LogP contribution in [0.25, 0.3) is 0 Å². The quantitative estimate of drug-likeness (QED) is 0.905. The maximum absolute atomic E-state index is 13.7. The fraction of sp³-hybridized carbons (Fsp3) is 0.350. The molecule has 0 bridgehead atoms. The number of likely N-dealkylation sites (tertiary alicyclic amines) is 1. The Bertz CT molecular complexity index is 755. The van der Waals surface area contributed by atoms with E-state index in [0.717, 1.165) is 44.6 Å². The molecule has 1 aliphatic heterocycles. The first-order valence-electron chi connectivity index (χ1n) is 8.55. The van der Waals surface area contributed by atoms with E-state index in [-0.39, 0.29) is 17.5 Å². The maximum Gasteiger partial charge on any atom is 0.227 e. The van der Waals surface area contributed by atoms with E-state index in [1.807, 2.05) is 0 Å². The number of piperidine rings is 1. The van der Waals surface area contributed by atoms with Crippen molar-refractivity contribution in [3.63, 3.8) is 0 Å². The Morgan fingerprint density at radius 3 is 2.60 bits per heavy atom. The number of carbonyl (C=O) groups is 1. The Labute approximate surface area is 146 Å². The van der Waals surface area contributed by atoms with Crippen molar-refractivity contribution in [2.45, 2.75) is 26.3 Å². The fourth-order valence-corrected chi connectivity index (χ4v) is 3.25. The highest BCUT2D eigenvalue weighted by Crippen LogP contribution is 2.22. The molecule has 1 saturated heterocycles. The van der Waals surface area contributed by atoms with E-state index in [1.165, 1.54) is 17.2 Å². The third-order valence-electron chi connectivity index (χ3n) is 4.64. The molecule has 3 rings (SSSR count). The zero-order valence-electron chi connectivity index (χ0n) is 14.3. The molecule has 25 heavy (non-hydrogen) atoms. The molecule has 1 fully saturated rings. The number of carbonyl (C=O) groups excluding carboxylic acids is 1. The molecule has 132 valence electrons. The summed E-state index contributed by atoms with van der Waals surface area (Å²) in [6, 6.07) is 11.6. The van der Waals surface area contributed by atoms with Gasteiger partial charge in [0.05, 0.1) is 5.69 Å². The molecule has 0 atom stereocenters. The summed E-state index contributed by atoms with van der Waals surface area (Å²) >= 11 is 0. The van der Waals surface area contributed by atoms with Crippen molar-refractivity contribution in [1.29, 1.82) is 0 Å². The number of hydrogen-bond acceptors (Lipinski definition) is 2. The second-order valence-electron chi connectivity index (χ2n) is 6.65. The lowest BCUT2D eigenvalue weighted by atomic mass is 9.95. The standard InChI is InChI=1S/C20H22F2N2O/c1-14-3-2-4-15(11-14)13-24-9-7-16(8-10-24)20(25)23-19-6-5-17(21)12-18(19)22/h2-6,11-12,16H,7-10,13H2,1H3,(H,23,25). The summed E-state index contributed by atoms with van der Waals surface area (Å²) in [5.41, 5.74) is 2.55. The summed E-state index contributed by atoms with van der Waals surface area (Å²) in [4.78, 5) is 14.7. The summed E-state index contributed by atoms with van der Waals surface area (Å²) in [5.74, 6) is -1.73. The molecular formula is C20H22F2N2O. The van der Waals surface area contributed by atoms with Gasteiger partial charge in [0.15, 0.2) is 0 Å². The van der Waals surface area contributed by atoms with E-state index in [1.54, 1.807) is 0 Å². The van der Waals surface area contributed by atoms with E-state index in [4.69, 9.17) is 0 Å². The van der Waals surface area contributed by atoms with Gasteiger partial charge in [-0.15, -0.1) is 0 Å². The summed E-state index contributed by atoms with van der Waals surface area (Å²) in [7, 11) is 0. The lowest BCUT2D eigenvalue weighted by molar-refractivity contribution is -0.121. The molecule has 1 heterocycles. The minimum Gasteiger partial charge on any atom is -0.323 e. The van der Waals surface area contributed by atoms with Crippen LogP contribution in [-0.4, -0.2) is 23.9 Å². The van der Waals surface area contributed by atoms with Gasteiger partial charge in [0.1, 0.15) is 11.6 Å². The predicted octanol–water partition coefficient (Wildman–Crippen LogP) is 4.12. The number of rotatable bonds is 4. The minimum atomic E-state index is -0.745. The molecule has 0 unspecified atom stereocenters. The molecule has 1 N–H and O–H groups in total.